The molecule has 32 heavy (non-hydrogen) atoms. The zero-order valence-electron chi connectivity index (χ0n) is 17.9. The smallest absolute Gasteiger partial charge is 0.244 e. The number of aryl methyl sites for hydroxylation is 1. The first kappa shape index (κ1) is 24.0. The fourth-order valence-electron chi connectivity index (χ4n) is 2.91. The zero-order chi connectivity index (χ0) is 22.9. The van der Waals surface area contributed by atoms with Crippen molar-refractivity contribution in [1.29, 1.82) is 0 Å². The van der Waals surface area contributed by atoms with Crippen LogP contribution in [0, 0.1) is 6.92 Å². The molecule has 0 aliphatic rings. The van der Waals surface area contributed by atoms with Crippen LogP contribution in [0.3, 0.4) is 0 Å². The van der Waals surface area contributed by atoms with Crippen molar-refractivity contribution in [3.63, 3.8) is 0 Å². The van der Waals surface area contributed by atoms with Gasteiger partial charge in [0, 0.05) is 4.47 Å². The van der Waals surface area contributed by atoms with Crippen molar-refractivity contribution in [3.05, 3.63) is 91.9 Å². The van der Waals surface area contributed by atoms with Gasteiger partial charge in [0.1, 0.15) is 6.61 Å². The Morgan fingerprint density at radius 2 is 1.69 bits per heavy atom. The third-order valence-corrected chi connectivity index (χ3v) is 5.63. The maximum Gasteiger partial charge on any atom is 0.244 e. The number of nitrogens with zero attached hydrogens (tertiary/aromatic N) is 1. The fourth-order valence-corrected chi connectivity index (χ4v) is 3.75. The number of hydrazone groups is 1. The second-order valence-corrected chi connectivity index (χ2v) is 8.90. The second kappa shape index (κ2) is 11.8. The number of rotatable bonds is 9. The Morgan fingerprint density at radius 1 is 1.00 bits per heavy atom. The van der Waals surface area contributed by atoms with Crippen LogP contribution in [-0.4, -0.2) is 18.7 Å². The molecule has 0 heterocycles. The SMILES string of the molecule is CCOc1cc(/C=N/NC(=O)Cc2ccc(Br)cc2)cc(Br)c1OCc1ccc(C)cc1. The van der Waals surface area contributed by atoms with Gasteiger partial charge in [-0.05, 0) is 70.7 Å². The maximum atomic E-state index is 12.1. The summed E-state index contributed by atoms with van der Waals surface area (Å²) in [6, 6.07) is 19.5. The van der Waals surface area contributed by atoms with Gasteiger partial charge >= 0.3 is 0 Å². The highest BCUT2D eigenvalue weighted by atomic mass is 79.9. The lowest BCUT2D eigenvalue weighted by atomic mass is 10.1. The van der Waals surface area contributed by atoms with Crippen LogP contribution in [0.4, 0.5) is 0 Å². The van der Waals surface area contributed by atoms with Crippen molar-refractivity contribution >= 4 is 44.0 Å². The first-order chi connectivity index (χ1) is 15.4. The molecule has 0 atom stereocenters. The minimum Gasteiger partial charge on any atom is -0.490 e. The highest BCUT2D eigenvalue weighted by Gasteiger charge is 2.12. The number of amides is 1. The van der Waals surface area contributed by atoms with Crippen molar-refractivity contribution in [3.8, 4) is 11.5 Å². The van der Waals surface area contributed by atoms with Crippen LogP contribution in [0.25, 0.3) is 0 Å². The average molecular weight is 560 g/mol. The van der Waals surface area contributed by atoms with Gasteiger partial charge in [0.15, 0.2) is 11.5 Å². The lowest BCUT2D eigenvalue weighted by molar-refractivity contribution is -0.120. The largest absolute Gasteiger partial charge is 0.490 e. The van der Waals surface area contributed by atoms with Gasteiger partial charge < -0.3 is 9.47 Å². The molecule has 166 valence electrons. The quantitative estimate of drug-likeness (QED) is 0.251. The van der Waals surface area contributed by atoms with E-state index in [1.807, 2.05) is 55.5 Å². The Bertz CT molecular complexity index is 1080. The number of hydrogen-bond acceptors (Lipinski definition) is 4. The Hall–Kier alpha value is -2.64. The topological polar surface area (TPSA) is 59.9 Å². The summed E-state index contributed by atoms with van der Waals surface area (Å²) >= 11 is 6.95. The van der Waals surface area contributed by atoms with Gasteiger partial charge in [0.2, 0.25) is 5.91 Å². The van der Waals surface area contributed by atoms with E-state index >= 15 is 0 Å². The molecule has 0 bridgehead atoms. The van der Waals surface area contributed by atoms with Gasteiger partial charge in [-0.3, -0.25) is 4.79 Å². The Labute approximate surface area is 205 Å². The predicted octanol–water partition coefficient (Wildman–Crippen LogP) is 6.19. The van der Waals surface area contributed by atoms with E-state index in [2.05, 4.69) is 61.4 Å². The van der Waals surface area contributed by atoms with Crippen molar-refractivity contribution in [2.75, 3.05) is 6.61 Å². The van der Waals surface area contributed by atoms with Gasteiger partial charge in [-0.25, -0.2) is 5.43 Å². The molecule has 3 rings (SSSR count). The Balaban J connectivity index is 1.65. The van der Waals surface area contributed by atoms with Crippen LogP contribution in [0.1, 0.15) is 29.2 Å². The van der Waals surface area contributed by atoms with E-state index in [0.717, 1.165) is 25.6 Å². The number of benzene rings is 3. The second-order valence-electron chi connectivity index (χ2n) is 7.13. The normalized spacial score (nSPS) is 10.9. The summed E-state index contributed by atoms with van der Waals surface area (Å²) in [7, 11) is 0. The number of carbonyl (C=O) groups is 1. The van der Waals surface area contributed by atoms with Crippen LogP contribution in [0.5, 0.6) is 11.5 Å². The van der Waals surface area contributed by atoms with Crippen LogP contribution < -0.4 is 14.9 Å². The molecule has 3 aromatic carbocycles. The van der Waals surface area contributed by atoms with Gasteiger partial charge in [-0.15, -0.1) is 0 Å². The molecule has 0 saturated carbocycles. The summed E-state index contributed by atoms with van der Waals surface area (Å²) in [6.07, 6.45) is 1.83. The van der Waals surface area contributed by atoms with Gasteiger partial charge in [0.05, 0.1) is 23.7 Å². The lowest BCUT2D eigenvalue weighted by Gasteiger charge is -2.15. The van der Waals surface area contributed by atoms with E-state index in [1.165, 1.54) is 5.56 Å². The lowest BCUT2D eigenvalue weighted by Crippen LogP contribution is -2.19. The highest BCUT2D eigenvalue weighted by molar-refractivity contribution is 9.10. The molecule has 0 spiro atoms. The summed E-state index contributed by atoms with van der Waals surface area (Å²) in [5, 5.41) is 4.08. The van der Waals surface area contributed by atoms with E-state index in [9.17, 15) is 4.79 Å². The number of carbonyl (C=O) groups excluding carboxylic acids is 1. The summed E-state index contributed by atoms with van der Waals surface area (Å²) in [6.45, 7) is 4.90. The standard InChI is InChI=1S/C25H24Br2N2O3/c1-3-31-23-13-20(15-28-29-24(30)14-18-8-10-21(26)11-9-18)12-22(27)25(23)32-16-19-6-4-17(2)5-7-19/h4-13,15H,3,14,16H2,1-2H3,(H,29,30)/b28-15+. The van der Waals surface area contributed by atoms with Crippen molar-refractivity contribution in [2.45, 2.75) is 26.9 Å². The van der Waals surface area contributed by atoms with Crippen molar-refractivity contribution < 1.29 is 14.3 Å². The van der Waals surface area contributed by atoms with E-state index in [4.69, 9.17) is 9.47 Å². The third kappa shape index (κ3) is 7.21. The van der Waals surface area contributed by atoms with E-state index in [1.54, 1.807) is 6.21 Å². The van der Waals surface area contributed by atoms with Gasteiger partial charge in [-0.2, -0.15) is 5.10 Å². The molecule has 1 N–H and O–H groups in total. The van der Waals surface area contributed by atoms with Crippen LogP contribution in [0.2, 0.25) is 0 Å². The molecule has 7 heteroatoms. The molecule has 0 fully saturated rings. The molecule has 0 saturated heterocycles. The number of hydrogen-bond donors (Lipinski definition) is 1. The van der Waals surface area contributed by atoms with Crippen molar-refractivity contribution in [2.24, 2.45) is 5.10 Å². The summed E-state index contributed by atoms with van der Waals surface area (Å²) in [4.78, 5) is 12.1. The number of nitrogens with one attached hydrogen (secondary N) is 1. The Kier molecular flexibility index (Phi) is 8.88. The molecule has 3 aromatic rings. The summed E-state index contributed by atoms with van der Waals surface area (Å²) in [5.74, 6) is 1.05. The molecule has 5 nitrogen and oxygen atoms in total. The summed E-state index contributed by atoms with van der Waals surface area (Å²) in [5.41, 5.74) is 6.53. The van der Waals surface area contributed by atoms with E-state index in [0.29, 0.717) is 24.7 Å². The maximum absolute atomic E-state index is 12.1. The monoisotopic (exact) mass is 558 g/mol. The predicted molar refractivity (Wildman–Crippen MR) is 134 cm³/mol. The van der Waals surface area contributed by atoms with Crippen LogP contribution >= 0.6 is 31.9 Å². The molecular formula is C25H24Br2N2O3. The average Bonchev–Trinajstić information content (AvgIpc) is 2.76. The minimum absolute atomic E-state index is 0.189. The van der Waals surface area contributed by atoms with Gasteiger partial charge in [0.25, 0.3) is 0 Å². The minimum atomic E-state index is -0.189. The number of ether oxygens (including phenoxy) is 2. The molecule has 0 unspecified atom stereocenters. The first-order valence-electron chi connectivity index (χ1n) is 10.2. The molecule has 0 radical (unpaired) electrons. The fraction of sp³-hybridized carbons (Fsp3) is 0.200. The van der Waals surface area contributed by atoms with Crippen molar-refractivity contribution in [1.82, 2.24) is 5.43 Å². The van der Waals surface area contributed by atoms with Crippen LogP contribution in [0.15, 0.2) is 74.7 Å². The molecule has 0 aliphatic carbocycles. The molecule has 0 aromatic heterocycles. The first-order valence-corrected chi connectivity index (χ1v) is 11.7. The van der Waals surface area contributed by atoms with Crippen LogP contribution in [-0.2, 0) is 17.8 Å². The molecular weight excluding hydrogens is 536 g/mol. The highest BCUT2D eigenvalue weighted by Crippen LogP contribution is 2.37. The van der Waals surface area contributed by atoms with E-state index < -0.39 is 0 Å². The molecule has 1 amide bonds. The van der Waals surface area contributed by atoms with E-state index in [-0.39, 0.29) is 12.3 Å². The van der Waals surface area contributed by atoms with Gasteiger partial charge in [-0.1, -0.05) is 57.9 Å². The molecule has 0 aliphatic heterocycles. The zero-order valence-corrected chi connectivity index (χ0v) is 21.1. The third-order valence-electron chi connectivity index (χ3n) is 4.52. The summed E-state index contributed by atoms with van der Waals surface area (Å²) < 4.78 is 13.5. The number of halogens is 2. The Morgan fingerprint density at radius 3 is 2.38 bits per heavy atom.